The van der Waals surface area contributed by atoms with Crippen molar-refractivity contribution in [1.29, 1.82) is 0 Å². The molecule has 0 saturated carbocycles. The number of halogens is 5. The Hall–Kier alpha value is -1.20. The molecule has 7 atom stereocenters. The highest BCUT2D eigenvalue weighted by molar-refractivity contribution is 6.31. The second kappa shape index (κ2) is 16.5. The molecule has 10 nitrogen and oxygen atoms in total. The van der Waals surface area contributed by atoms with Gasteiger partial charge in [-0.15, -0.1) is 58.0 Å². The fourth-order valence-corrected chi connectivity index (χ4v) is 2.34. The number of carbonyl (C=O) groups excluding carboxylic acids is 5. The molecular weight excluding hydrogens is 577 g/mol. The Labute approximate surface area is 228 Å². The molecule has 0 spiro atoms. The van der Waals surface area contributed by atoms with Crippen LogP contribution < -0.4 is 0 Å². The van der Waals surface area contributed by atoms with Crippen molar-refractivity contribution in [3.8, 4) is 0 Å². The molecule has 0 fully saturated rings. The molecule has 0 aliphatic heterocycles. The van der Waals surface area contributed by atoms with E-state index in [1.807, 2.05) is 0 Å². The van der Waals surface area contributed by atoms with Crippen molar-refractivity contribution in [2.45, 2.75) is 79.8 Å². The minimum Gasteiger partial charge on any atom is -0.460 e. The summed E-state index contributed by atoms with van der Waals surface area (Å²) >= 11 is 28.7. The Kier molecular flexibility index (Phi) is 16.0. The lowest BCUT2D eigenvalue weighted by atomic mass is 10.1. The van der Waals surface area contributed by atoms with Gasteiger partial charge in [-0.05, 0) is 34.6 Å². The molecule has 0 aromatic carbocycles. The fourth-order valence-electron chi connectivity index (χ4n) is 2.06. The van der Waals surface area contributed by atoms with Crippen LogP contribution in [0.3, 0.4) is 0 Å². The van der Waals surface area contributed by atoms with Gasteiger partial charge in [-0.3, -0.25) is 24.0 Å². The van der Waals surface area contributed by atoms with Crippen molar-refractivity contribution in [2.24, 2.45) is 0 Å². The predicted octanol–water partition coefficient (Wildman–Crippen LogP) is 2.94. The first kappa shape index (κ1) is 33.8. The van der Waals surface area contributed by atoms with E-state index in [1.165, 1.54) is 34.6 Å². The van der Waals surface area contributed by atoms with Gasteiger partial charge in [-0.25, -0.2) is 0 Å². The summed E-state index contributed by atoms with van der Waals surface area (Å²) in [5, 5.41) is -5.66. The third-order valence-corrected chi connectivity index (χ3v) is 4.81. The average molecular weight is 605 g/mol. The largest absolute Gasteiger partial charge is 0.460 e. The van der Waals surface area contributed by atoms with Crippen LogP contribution in [0.4, 0.5) is 0 Å². The first-order chi connectivity index (χ1) is 16.1. The van der Waals surface area contributed by atoms with Gasteiger partial charge in [-0.2, -0.15) is 0 Å². The monoisotopic (exact) mass is 602 g/mol. The van der Waals surface area contributed by atoms with E-state index in [-0.39, 0.29) is 0 Å². The van der Waals surface area contributed by atoms with Crippen LogP contribution >= 0.6 is 58.0 Å². The van der Waals surface area contributed by atoms with Gasteiger partial charge >= 0.3 is 29.8 Å². The summed E-state index contributed by atoms with van der Waals surface area (Å²) < 4.78 is 25.9. The van der Waals surface area contributed by atoms with Crippen LogP contribution in [-0.4, -0.2) is 88.3 Å². The first-order valence-corrected chi connectivity index (χ1v) is 12.4. The van der Waals surface area contributed by atoms with Crippen LogP contribution in [0.2, 0.25) is 0 Å². The molecule has 0 aromatic rings. The Morgan fingerprint density at radius 2 is 0.743 bits per heavy atom. The summed E-state index contributed by atoms with van der Waals surface area (Å²) in [4.78, 5) is 60.7. The van der Waals surface area contributed by atoms with Crippen LogP contribution in [0, 0.1) is 0 Å². The summed E-state index contributed by atoms with van der Waals surface area (Å²) in [5.41, 5.74) is 0. The molecule has 0 aliphatic rings. The highest BCUT2D eigenvalue weighted by atomic mass is 35.5. The Morgan fingerprint density at radius 1 is 0.486 bits per heavy atom. The number of hydrogen-bond acceptors (Lipinski definition) is 10. The molecule has 0 radical (unpaired) electrons. The van der Waals surface area contributed by atoms with Crippen molar-refractivity contribution in [2.75, 3.05) is 13.2 Å². The second-order valence-electron chi connectivity index (χ2n) is 7.19. The highest BCUT2D eigenvalue weighted by Gasteiger charge is 2.41. The van der Waals surface area contributed by atoms with Gasteiger partial charge in [0, 0.05) is 0 Å². The topological polar surface area (TPSA) is 132 Å². The van der Waals surface area contributed by atoms with Gasteiger partial charge in [0.15, 0.2) is 18.3 Å². The molecule has 7 unspecified atom stereocenters. The molecule has 0 rings (SSSR count). The lowest BCUT2D eigenvalue weighted by Crippen LogP contribution is -2.51. The van der Waals surface area contributed by atoms with Gasteiger partial charge < -0.3 is 23.7 Å². The molecule has 0 aliphatic carbocycles. The molecular formula is C20H27Cl5O10. The predicted molar refractivity (Wildman–Crippen MR) is 128 cm³/mol. The van der Waals surface area contributed by atoms with Crippen molar-refractivity contribution in [3.05, 3.63) is 0 Å². The molecule has 0 aromatic heterocycles. The van der Waals surface area contributed by atoms with Crippen molar-refractivity contribution in [1.82, 2.24) is 0 Å². The molecule has 202 valence electrons. The van der Waals surface area contributed by atoms with Crippen LogP contribution in [0.15, 0.2) is 0 Å². The highest BCUT2D eigenvalue weighted by Crippen LogP contribution is 2.20. The van der Waals surface area contributed by atoms with Crippen molar-refractivity contribution < 1.29 is 47.7 Å². The van der Waals surface area contributed by atoms with Crippen molar-refractivity contribution >= 4 is 87.9 Å². The van der Waals surface area contributed by atoms with E-state index in [1.54, 1.807) is 0 Å². The van der Waals surface area contributed by atoms with Crippen LogP contribution in [-0.2, 0) is 47.7 Å². The Balaban J connectivity index is 6.34. The molecule has 0 saturated heterocycles. The number of alkyl halides is 5. The summed E-state index contributed by atoms with van der Waals surface area (Å²) in [7, 11) is 0. The maximum absolute atomic E-state index is 12.3. The SMILES string of the molecule is CC(Cl)C(=O)OCC(OC(=O)C(C)Cl)C(OC(=O)C(C)Cl)C(COC(=O)C(C)Cl)OC(=O)C(C)Cl. The number of esters is 5. The van der Waals surface area contributed by atoms with Crippen LogP contribution in [0.5, 0.6) is 0 Å². The summed E-state index contributed by atoms with van der Waals surface area (Å²) in [6.07, 6.45) is -4.89. The van der Waals surface area contributed by atoms with E-state index in [9.17, 15) is 24.0 Å². The molecule has 0 heterocycles. The van der Waals surface area contributed by atoms with Crippen LogP contribution in [0.1, 0.15) is 34.6 Å². The zero-order chi connectivity index (χ0) is 27.5. The third kappa shape index (κ3) is 13.1. The van der Waals surface area contributed by atoms with Gasteiger partial charge in [0.05, 0.1) is 0 Å². The summed E-state index contributed by atoms with van der Waals surface area (Å²) in [5.74, 6) is -4.80. The molecule has 35 heavy (non-hydrogen) atoms. The molecule has 0 N–H and O–H groups in total. The molecule has 15 heteroatoms. The maximum atomic E-state index is 12.3. The van der Waals surface area contributed by atoms with Gasteiger partial charge in [0.25, 0.3) is 0 Å². The van der Waals surface area contributed by atoms with Crippen LogP contribution in [0.25, 0.3) is 0 Å². The van der Waals surface area contributed by atoms with E-state index in [0.717, 1.165) is 0 Å². The minimum absolute atomic E-state index is 0.704. The van der Waals surface area contributed by atoms with Gasteiger partial charge in [-0.1, -0.05) is 0 Å². The van der Waals surface area contributed by atoms with Gasteiger partial charge in [0.1, 0.15) is 40.1 Å². The second-order valence-corrected chi connectivity index (χ2v) is 10.5. The number of ether oxygens (including phenoxy) is 5. The van der Waals surface area contributed by atoms with Crippen molar-refractivity contribution in [3.63, 3.8) is 0 Å². The molecule has 0 amide bonds. The lowest BCUT2D eigenvalue weighted by molar-refractivity contribution is -0.196. The lowest BCUT2D eigenvalue weighted by Gasteiger charge is -2.33. The Morgan fingerprint density at radius 3 is 1.00 bits per heavy atom. The van der Waals surface area contributed by atoms with E-state index >= 15 is 0 Å². The quantitative estimate of drug-likeness (QED) is 0.166. The zero-order valence-electron chi connectivity index (χ0n) is 19.5. The summed E-state index contributed by atoms with van der Waals surface area (Å²) in [6, 6.07) is 0. The van der Waals surface area contributed by atoms with E-state index in [0.29, 0.717) is 0 Å². The standard InChI is InChI=1S/C20H27Cl5O10/c1-8(21)16(26)31-6-13(33-18(28)10(3)23)15(35-20(30)12(5)25)14(34-19(29)11(4)24)7-32-17(27)9(2)22/h8-15H,6-7H2,1-5H3. The maximum Gasteiger partial charge on any atom is 0.324 e. The molecule has 0 bridgehead atoms. The van der Waals surface area contributed by atoms with E-state index in [2.05, 4.69) is 0 Å². The van der Waals surface area contributed by atoms with E-state index in [4.69, 9.17) is 81.7 Å². The van der Waals surface area contributed by atoms with E-state index < -0.39 is 88.3 Å². The number of rotatable bonds is 14. The normalized spacial score (nSPS) is 17.9. The smallest absolute Gasteiger partial charge is 0.324 e. The summed E-state index contributed by atoms with van der Waals surface area (Å²) in [6.45, 7) is 5.14. The third-order valence-electron chi connectivity index (χ3n) is 3.92. The average Bonchev–Trinajstić information content (AvgIpc) is 2.76. The van der Waals surface area contributed by atoms with Gasteiger partial charge in [0.2, 0.25) is 0 Å². The first-order valence-electron chi connectivity index (χ1n) is 10.2. The number of carbonyl (C=O) groups is 5. The number of hydrogen-bond donors (Lipinski definition) is 0. The fraction of sp³-hybridized carbons (Fsp3) is 0.750. The Bertz CT molecular complexity index is 692. The minimum atomic E-state index is -1.70. The zero-order valence-corrected chi connectivity index (χ0v) is 23.3.